The summed E-state index contributed by atoms with van der Waals surface area (Å²) in [4.78, 5) is 13.9. The molecule has 1 aromatic rings. The monoisotopic (exact) mass is 304 g/mol. The van der Waals surface area contributed by atoms with E-state index in [4.69, 9.17) is 4.74 Å². The largest absolute Gasteiger partial charge is 0.444 e. The number of rotatable bonds is 2. The lowest BCUT2D eigenvalue weighted by Crippen LogP contribution is -2.36. The van der Waals surface area contributed by atoms with Crippen molar-refractivity contribution in [2.75, 3.05) is 18.4 Å². The summed E-state index contributed by atoms with van der Waals surface area (Å²) in [6.45, 7) is 13.5. The molecule has 0 saturated carbocycles. The van der Waals surface area contributed by atoms with Crippen molar-refractivity contribution in [3.8, 4) is 0 Å². The average Bonchev–Trinajstić information content (AvgIpc) is 2.80. The van der Waals surface area contributed by atoms with Crippen molar-refractivity contribution < 1.29 is 9.53 Å². The van der Waals surface area contributed by atoms with Crippen LogP contribution in [0.1, 0.15) is 43.9 Å². The molecule has 0 radical (unpaired) electrons. The number of anilines is 1. The second-order valence-electron chi connectivity index (χ2n) is 7.33. The Labute approximate surface area is 133 Å². The number of likely N-dealkylation sites (tertiary alicyclic amines) is 1. The summed E-state index contributed by atoms with van der Waals surface area (Å²) in [6.07, 6.45) is 0.737. The van der Waals surface area contributed by atoms with Crippen LogP contribution in [-0.2, 0) is 4.74 Å². The number of nitrogens with one attached hydrogen (secondary N) is 1. The van der Waals surface area contributed by atoms with Gasteiger partial charge in [-0.25, -0.2) is 4.79 Å². The van der Waals surface area contributed by atoms with Crippen molar-refractivity contribution >= 4 is 11.8 Å². The lowest BCUT2D eigenvalue weighted by Gasteiger charge is -2.25. The van der Waals surface area contributed by atoms with E-state index in [1.165, 1.54) is 22.4 Å². The molecule has 1 N–H and O–H groups in total. The van der Waals surface area contributed by atoms with Crippen molar-refractivity contribution in [3.05, 3.63) is 28.8 Å². The molecule has 1 aromatic carbocycles. The third kappa shape index (κ3) is 4.15. The van der Waals surface area contributed by atoms with Gasteiger partial charge < -0.3 is 15.0 Å². The van der Waals surface area contributed by atoms with Gasteiger partial charge in [-0.3, -0.25) is 0 Å². The Morgan fingerprint density at radius 2 is 1.82 bits per heavy atom. The van der Waals surface area contributed by atoms with Gasteiger partial charge in [-0.1, -0.05) is 17.7 Å². The van der Waals surface area contributed by atoms with E-state index in [1.807, 2.05) is 20.8 Å². The van der Waals surface area contributed by atoms with Crippen LogP contribution in [0.5, 0.6) is 0 Å². The molecule has 1 aliphatic heterocycles. The van der Waals surface area contributed by atoms with Crippen LogP contribution >= 0.6 is 0 Å². The maximum absolute atomic E-state index is 12.1. The smallest absolute Gasteiger partial charge is 0.410 e. The number of aryl methyl sites for hydroxylation is 3. The van der Waals surface area contributed by atoms with E-state index < -0.39 is 5.60 Å². The number of nitrogens with zero attached hydrogens (tertiary/aromatic N) is 1. The lowest BCUT2D eigenvalue weighted by molar-refractivity contribution is 0.0293. The first-order chi connectivity index (χ1) is 10.2. The molecular weight excluding hydrogens is 276 g/mol. The molecule has 1 fully saturated rings. The summed E-state index contributed by atoms with van der Waals surface area (Å²) in [5.74, 6) is 0. The van der Waals surface area contributed by atoms with Crippen LogP contribution in [0, 0.1) is 20.8 Å². The van der Waals surface area contributed by atoms with Gasteiger partial charge in [-0.2, -0.15) is 0 Å². The molecule has 1 aliphatic rings. The molecule has 0 aliphatic carbocycles. The summed E-state index contributed by atoms with van der Waals surface area (Å²) in [5, 5.41) is 3.60. The highest BCUT2D eigenvalue weighted by Gasteiger charge is 2.30. The number of carbonyl (C=O) groups is 1. The lowest BCUT2D eigenvalue weighted by atomic mass is 10.0. The minimum absolute atomic E-state index is 0.214. The molecule has 4 heteroatoms. The predicted molar refractivity (Wildman–Crippen MR) is 90.5 cm³/mol. The summed E-state index contributed by atoms with van der Waals surface area (Å²) >= 11 is 0. The number of amides is 1. The van der Waals surface area contributed by atoms with Gasteiger partial charge in [-0.15, -0.1) is 0 Å². The second-order valence-corrected chi connectivity index (χ2v) is 7.33. The second kappa shape index (κ2) is 6.19. The zero-order valence-electron chi connectivity index (χ0n) is 14.6. The number of hydrogen-bond donors (Lipinski definition) is 1. The van der Waals surface area contributed by atoms with Crippen LogP contribution in [0.25, 0.3) is 0 Å². The zero-order valence-corrected chi connectivity index (χ0v) is 14.6. The van der Waals surface area contributed by atoms with Crippen molar-refractivity contribution in [1.82, 2.24) is 4.90 Å². The summed E-state index contributed by atoms with van der Waals surface area (Å²) in [7, 11) is 0. The first-order valence-electron chi connectivity index (χ1n) is 7.98. The fourth-order valence-corrected chi connectivity index (χ4v) is 2.98. The molecule has 0 bridgehead atoms. The van der Waals surface area contributed by atoms with Crippen LogP contribution in [0.4, 0.5) is 10.5 Å². The van der Waals surface area contributed by atoms with E-state index in [9.17, 15) is 4.79 Å². The molecule has 2 rings (SSSR count). The maximum atomic E-state index is 12.1. The summed E-state index contributed by atoms with van der Waals surface area (Å²) in [6, 6.07) is 4.67. The van der Waals surface area contributed by atoms with E-state index in [-0.39, 0.29) is 12.1 Å². The van der Waals surface area contributed by atoms with Gasteiger partial charge in [0, 0.05) is 24.8 Å². The Morgan fingerprint density at radius 1 is 1.23 bits per heavy atom. The van der Waals surface area contributed by atoms with Crippen LogP contribution in [-0.4, -0.2) is 35.7 Å². The molecule has 22 heavy (non-hydrogen) atoms. The van der Waals surface area contributed by atoms with E-state index in [1.54, 1.807) is 4.90 Å². The SMILES string of the molecule is Cc1cc(C)c(NC2CCN(C(=O)OC(C)(C)C)C2)c(C)c1. The van der Waals surface area contributed by atoms with Crippen molar-refractivity contribution in [1.29, 1.82) is 0 Å². The standard InChI is InChI=1S/C18H28N2O2/c1-12-9-13(2)16(14(3)10-12)19-15-7-8-20(11-15)17(21)22-18(4,5)6/h9-10,15,19H,7-8,11H2,1-6H3. The third-order valence-electron chi connectivity index (χ3n) is 3.87. The molecule has 1 atom stereocenters. The normalized spacial score (nSPS) is 18.5. The Morgan fingerprint density at radius 3 is 2.36 bits per heavy atom. The Kier molecular flexibility index (Phi) is 4.69. The highest BCUT2D eigenvalue weighted by molar-refractivity contribution is 5.69. The fraction of sp³-hybridized carbons (Fsp3) is 0.611. The van der Waals surface area contributed by atoms with Gasteiger partial charge in [0.05, 0.1) is 0 Å². The average molecular weight is 304 g/mol. The fourth-order valence-electron chi connectivity index (χ4n) is 2.98. The number of ether oxygens (including phenoxy) is 1. The molecule has 1 heterocycles. The van der Waals surface area contributed by atoms with Crippen molar-refractivity contribution in [3.63, 3.8) is 0 Å². The van der Waals surface area contributed by atoms with Gasteiger partial charge in [0.15, 0.2) is 0 Å². The van der Waals surface area contributed by atoms with Gasteiger partial charge in [-0.05, 0) is 59.1 Å². The van der Waals surface area contributed by atoms with Crippen molar-refractivity contribution in [2.24, 2.45) is 0 Å². The van der Waals surface area contributed by atoms with E-state index in [0.29, 0.717) is 6.54 Å². The first kappa shape index (κ1) is 16.7. The van der Waals surface area contributed by atoms with Crippen LogP contribution in [0.15, 0.2) is 12.1 Å². The highest BCUT2D eigenvalue weighted by atomic mass is 16.6. The van der Waals surface area contributed by atoms with Crippen molar-refractivity contribution in [2.45, 2.75) is 59.6 Å². The van der Waals surface area contributed by atoms with Crippen LogP contribution in [0.2, 0.25) is 0 Å². The zero-order chi connectivity index (χ0) is 16.5. The molecule has 0 spiro atoms. The topological polar surface area (TPSA) is 41.6 Å². The van der Waals surface area contributed by atoms with Crippen LogP contribution < -0.4 is 5.32 Å². The predicted octanol–water partition coefficient (Wildman–Crippen LogP) is 4.03. The Balaban J connectivity index is 1.99. The van der Waals surface area contributed by atoms with Gasteiger partial charge in [0.25, 0.3) is 0 Å². The highest BCUT2D eigenvalue weighted by Crippen LogP contribution is 2.25. The van der Waals surface area contributed by atoms with Crippen LogP contribution in [0.3, 0.4) is 0 Å². The quantitative estimate of drug-likeness (QED) is 0.897. The van der Waals surface area contributed by atoms with Gasteiger partial charge in [0.2, 0.25) is 0 Å². The molecular formula is C18H28N2O2. The number of benzene rings is 1. The third-order valence-corrected chi connectivity index (χ3v) is 3.87. The first-order valence-corrected chi connectivity index (χ1v) is 7.98. The number of carbonyl (C=O) groups excluding carboxylic acids is 1. The summed E-state index contributed by atoms with van der Waals surface area (Å²) in [5.41, 5.74) is 4.55. The maximum Gasteiger partial charge on any atom is 0.410 e. The molecule has 0 aromatic heterocycles. The Hall–Kier alpha value is -1.71. The molecule has 122 valence electrons. The van der Waals surface area contributed by atoms with E-state index >= 15 is 0 Å². The molecule has 1 unspecified atom stereocenters. The minimum Gasteiger partial charge on any atom is -0.444 e. The molecule has 4 nitrogen and oxygen atoms in total. The molecule has 1 saturated heterocycles. The van der Waals surface area contributed by atoms with Gasteiger partial charge >= 0.3 is 6.09 Å². The Bertz CT molecular complexity index is 538. The van der Waals surface area contributed by atoms with E-state index in [2.05, 4.69) is 38.2 Å². The summed E-state index contributed by atoms with van der Waals surface area (Å²) < 4.78 is 5.44. The minimum atomic E-state index is -0.438. The van der Waals surface area contributed by atoms with E-state index in [0.717, 1.165) is 13.0 Å². The van der Waals surface area contributed by atoms with Gasteiger partial charge in [0.1, 0.15) is 5.60 Å². The molecule has 1 amide bonds. The number of hydrogen-bond acceptors (Lipinski definition) is 3.